The summed E-state index contributed by atoms with van der Waals surface area (Å²) in [4.78, 5) is 4.05. The van der Waals surface area contributed by atoms with Gasteiger partial charge in [0.25, 0.3) is 0 Å². The van der Waals surface area contributed by atoms with Crippen molar-refractivity contribution in [3.8, 4) is 0 Å². The monoisotopic (exact) mass is 273 g/mol. The van der Waals surface area contributed by atoms with Gasteiger partial charge in [0.1, 0.15) is 5.15 Å². The van der Waals surface area contributed by atoms with E-state index in [1.165, 1.54) is 19.3 Å². The van der Waals surface area contributed by atoms with Crippen molar-refractivity contribution in [2.45, 2.75) is 32.2 Å². The van der Waals surface area contributed by atoms with Crippen molar-refractivity contribution in [2.24, 2.45) is 0 Å². The van der Waals surface area contributed by atoms with Gasteiger partial charge in [0.2, 0.25) is 0 Å². The van der Waals surface area contributed by atoms with E-state index in [9.17, 15) is 0 Å². The molecule has 3 nitrogen and oxygen atoms in total. The minimum absolute atomic E-state index is 0.439. The molecule has 1 saturated heterocycles. The predicted octanol–water partition coefficient (Wildman–Crippen LogP) is 3.25. The summed E-state index contributed by atoms with van der Waals surface area (Å²) in [6.45, 7) is 3.97. The third-order valence-corrected chi connectivity index (χ3v) is 3.55. The van der Waals surface area contributed by atoms with Crippen LogP contribution in [0.5, 0.6) is 0 Å². The Morgan fingerprint density at radius 2 is 2.29 bits per heavy atom. The molecule has 1 unspecified atom stereocenters. The molecule has 2 heterocycles. The molecule has 0 radical (unpaired) electrons. The Balaban J connectivity index is 1.98. The second-order valence-electron chi connectivity index (χ2n) is 4.46. The van der Waals surface area contributed by atoms with Crippen LogP contribution in [0.15, 0.2) is 6.07 Å². The number of hydrogen-bond acceptors (Lipinski definition) is 3. The number of nitrogens with zero attached hydrogens (tertiary/aromatic N) is 1. The SMILES string of the molecule is Cc1cc(Cl)nc(Cl)c1NCC1CCCCN1. The summed E-state index contributed by atoms with van der Waals surface area (Å²) in [6.07, 6.45) is 3.79. The lowest BCUT2D eigenvalue weighted by Gasteiger charge is -2.24. The topological polar surface area (TPSA) is 37.0 Å². The van der Waals surface area contributed by atoms with Crippen LogP contribution in [0.1, 0.15) is 24.8 Å². The van der Waals surface area contributed by atoms with E-state index in [0.29, 0.717) is 16.3 Å². The maximum atomic E-state index is 6.07. The second-order valence-corrected chi connectivity index (χ2v) is 5.20. The highest BCUT2D eigenvalue weighted by Crippen LogP contribution is 2.26. The molecule has 0 aliphatic carbocycles. The van der Waals surface area contributed by atoms with Gasteiger partial charge in [-0.25, -0.2) is 4.98 Å². The molecule has 0 saturated carbocycles. The summed E-state index contributed by atoms with van der Waals surface area (Å²) in [5.74, 6) is 0. The number of piperidine rings is 1. The number of halogens is 2. The molecular weight excluding hydrogens is 257 g/mol. The van der Waals surface area contributed by atoms with Crippen LogP contribution < -0.4 is 10.6 Å². The molecule has 1 aliphatic heterocycles. The normalized spacial score (nSPS) is 20.3. The molecule has 94 valence electrons. The number of hydrogen-bond donors (Lipinski definition) is 2. The lowest BCUT2D eigenvalue weighted by atomic mass is 10.1. The molecule has 1 aliphatic rings. The zero-order chi connectivity index (χ0) is 12.3. The van der Waals surface area contributed by atoms with Gasteiger partial charge in [-0.2, -0.15) is 0 Å². The van der Waals surface area contributed by atoms with Gasteiger partial charge in [-0.3, -0.25) is 0 Å². The van der Waals surface area contributed by atoms with Crippen LogP contribution in [-0.2, 0) is 0 Å². The van der Waals surface area contributed by atoms with E-state index in [-0.39, 0.29) is 0 Å². The molecule has 1 atom stereocenters. The van der Waals surface area contributed by atoms with Crippen LogP contribution in [0.25, 0.3) is 0 Å². The lowest BCUT2D eigenvalue weighted by Crippen LogP contribution is -2.39. The molecule has 1 aromatic rings. The van der Waals surface area contributed by atoms with Crippen molar-refractivity contribution in [3.63, 3.8) is 0 Å². The van der Waals surface area contributed by atoms with Gasteiger partial charge >= 0.3 is 0 Å². The quantitative estimate of drug-likeness (QED) is 0.831. The number of pyridine rings is 1. The fraction of sp³-hybridized carbons (Fsp3) is 0.583. The highest BCUT2D eigenvalue weighted by atomic mass is 35.5. The van der Waals surface area contributed by atoms with Crippen LogP contribution in [0.4, 0.5) is 5.69 Å². The van der Waals surface area contributed by atoms with E-state index in [2.05, 4.69) is 15.6 Å². The fourth-order valence-corrected chi connectivity index (χ4v) is 2.73. The van der Waals surface area contributed by atoms with Crippen molar-refractivity contribution in [1.82, 2.24) is 10.3 Å². The summed E-state index contributed by atoms with van der Waals surface area (Å²) in [7, 11) is 0. The standard InChI is InChI=1S/C12H17Cl2N3/c1-8-6-10(13)17-12(14)11(8)16-7-9-4-2-3-5-15-9/h6,9,15-16H,2-5,7H2,1H3. The van der Waals surface area contributed by atoms with E-state index in [4.69, 9.17) is 23.2 Å². The maximum absolute atomic E-state index is 6.07. The molecule has 1 aromatic heterocycles. The molecule has 0 amide bonds. The summed E-state index contributed by atoms with van der Waals surface area (Å²) >= 11 is 11.9. The third kappa shape index (κ3) is 3.47. The lowest BCUT2D eigenvalue weighted by molar-refractivity contribution is 0.414. The Labute approximate surface area is 112 Å². The largest absolute Gasteiger partial charge is 0.381 e. The molecule has 1 fully saturated rings. The Morgan fingerprint density at radius 3 is 2.94 bits per heavy atom. The van der Waals surface area contributed by atoms with Gasteiger partial charge in [0.15, 0.2) is 5.15 Å². The van der Waals surface area contributed by atoms with Crippen LogP contribution in [-0.4, -0.2) is 24.1 Å². The molecule has 2 rings (SSSR count). The van der Waals surface area contributed by atoms with Crippen molar-refractivity contribution in [2.75, 3.05) is 18.4 Å². The first kappa shape index (κ1) is 12.9. The highest BCUT2D eigenvalue weighted by molar-refractivity contribution is 6.34. The van der Waals surface area contributed by atoms with Gasteiger partial charge in [0, 0.05) is 12.6 Å². The predicted molar refractivity (Wildman–Crippen MR) is 73.1 cm³/mol. The van der Waals surface area contributed by atoms with Crippen LogP contribution in [0.2, 0.25) is 10.3 Å². The van der Waals surface area contributed by atoms with Crippen molar-refractivity contribution < 1.29 is 0 Å². The van der Waals surface area contributed by atoms with Gasteiger partial charge in [-0.05, 0) is 37.9 Å². The number of rotatable bonds is 3. The van der Waals surface area contributed by atoms with E-state index < -0.39 is 0 Å². The molecule has 0 spiro atoms. The van der Waals surface area contributed by atoms with Crippen LogP contribution >= 0.6 is 23.2 Å². The summed E-state index contributed by atoms with van der Waals surface area (Å²) in [6, 6.07) is 2.35. The second kappa shape index (κ2) is 5.89. The molecule has 2 N–H and O–H groups in total. The summed E-state index contributed by atoms with van der Waals surface area (Å²) in [5, 5.41) is 7.74. The minimum atomic E-state index is 0.439. The van der Waals surface area contributed by atoms with E-state index in [1.54, 1.807) is 0 Å². The molecule has 0 bridgehead atoms. The van der Waals surface area contributed by atoms with Gasteiger partial charge in [-0.15, -0.1) is 0 Å². The first-order chi connectivity index (χ1) is 8.16. The first-order valence-corrected chi connectivity index (χ1v) is 6.72. The van der Waals surface area contributed by atoms with Gasteiger partial charge in [0.05, 0.1) is 5.69 Å². The van der Waals surface area contributed by atoms with Crippen molar-refractivity contribution in [1.29, 1.82) is 0 Å². The summed E-state index contributed by atoms with van der Waals surface area (Å²) < 4.78 is 0. The van der Waals surface area contributed by atoms with E-state index in [1.807, 2.05) is 13.0 Å². The Hall–Kier alpha value is -0.510. The Kier molecular flexibility index (Phi) is 4.48. The number of anilines is 1. The average Bonchev–Trinajstić information content (AvgIpc) is 2.29. The molecule has 17 heavy (non-hydrogen) atoms. The third-order valence-electron chi connectivity index (χ3n) is 3.08. The molecule has 5 heteroatoms. The van der Waals surface area contributed by atoms with Gasteiger partial charge in [-0.1, -0.05) is 29.6 Å². The fourth-order valence-electron chi connectivity index (χ4n) is 2.13. The van der Waals surface area contributed by atoms with Crippen molar-refractivity contribution >= 4 is 28.9 Å². The zero-order valence-electron chi connectivity index (χ0n) is 9.89. The smallest absolute Gasteiger partial charge is 0.154 e. The van der Waals surface area contributed by atoms with Crippen LogP contribution in [0, 0.1) is 6.92 Å². The number of aryl methyl sites for hydroxylation is 1. The Bertz CT molecular complexity index is 366. The molecule has 0 aromatic carbocycles. The minimum Gasteiger partial charge on any atom is -0.381 e. The van der Waals surface area contributed by atoms with Gasteiger partial charge < -0.3 is 10.6 Å². The van der Waals surface area contributed by atoms with Crippen molar-refractivity contribution in [3.05, 3.63) is 21.9 Å². The highest BCUT2D eigenvalue weighted by Gasteiger charge is 2.14. The maximum Gasteiger partial charge on any atom is 0.154 e. The number of aromatic nitrogens is 1. The van der Waals surface area contributed by atoms with E-state index in [0.717, 1.165) is 24.3 Å². The molecular formula is C12H17Cl2N3. The van der Waals surface area contributed by atoms with E-state index >= 15 is 0 Å². The Morgan fingerprint density at radius 1 is 1.47 bits per heavy atom. The first-order valence-electron chi connectivity index (χ1n) is 5.96. The average molecular weight is 274 g/mol. The zero-order valence-corrected chi connectivity index (χ0v) is 11.4. The summed E-state index contributed by atoms with van der Waals surface area (Å²) in [5.41, 5.74) is 1.93. The number of nitrogens with one attached hydrogen (secondary N) is 2. The van der Waals surface area contributed by atoms with Crippen LogP contribution in [0.3, 0.4) is 0 Å².